The molecule has 2 aromatic rings. The molecule has 114 valence electrons. The van der Waals surface area contributed by atoms with Gasteiger partial charge in [-0.3, -0.25) is 4.68 Å². The highest BCUT2D eigenvalue weighted by Crippen LogP contribution is 2.28. The average Bonchev–Trinajstić information content (AvgIpc) is 2.62. The maximum absolute atomic E-state index is 12.6. The Bertz CT molecular complexity index is 648. The summed E-state index contributed by atoms with van der Waals surface area (Å²) in [7, 11) is 1.82. The van der Waals surface area contributed by atoms with E-state index in [9.17, 15) is 13.2 Å². The Morgan fingerprint density at radius 1 is 1.29 bits per heavy atom. The van der Waals surface area contributed by atoms with E-state index in [1.807, 2.05) is 27.8 Å². The van der Waals surface area contributed by atoms with Crippen LogP contribution < -0.4 is 5.32 Å². The van der Waals surface area contributed by atoms with Gasteiger partial charge in [0.1, 0.15) is 5.69 Å². The first-order valence-corrected chi connectivity index (χ1v) is 6.37. The van der Waals surface area contributed by atoms with Crippen molar-refractivity contribution in [3.63, 3.8) is 0 Å². The van der Waals surface area contributed by atoms with Gasteiger partial charge in [-0.2, -0.15) is 18.3 Å². The fourth-order valence-electron chi connectivity index (χ4n) is 2.27. The van der Waals surface area contributed by atoms with Gasteiger partial charge in [-0.15, -0.1) is 0 Å². The fraction of sp³-hybridized carbons (Fsp3) is 0.462. The lowest BCUT2D eigenvalue weighted by atomic mass is 10.1. The van der Waals surface area contributed by atoms with Gasteiger partial charge in [-0.05, 0) is 26.8 Å². The monoisotopic (exact) mass is 299 g/mol. The summed E-state index contributed by atoms with van der Waals surface area (Å²) in [4.78, 5) is 7.34. The van der Waals surface area contributed by atoms with Crippen molar-refractivity contribution in [2.24, 2.45) is 7.05 Å². The van der Waals surface area contributed by atoms with Crippen molar-refractivity contribution in [1.29, 1.82) is 0 Å². The van der Waals surface area contributed by atoms with E-state index in [4.69, 9.17) is 0 Å². The van der Waals surface area contributed by atoms with Crippen LogP contribution in [0.4, 0.5) is 19.1 Å². The predicted molar refractivity (Wildman–Crippen MR) is 71.8 cm³/mol. The van der Waals surface area contributed by atoms with Gasteiger partial charge in [0, 0.05) is 24.5 Å². The lowest BCUT2D eigenvalue weighted by molar-refractivity contribution is -0.141. The Morgan fingerprint density at radius 2 is 1.95 bits per heavy atom. The van der Waals surface area contributed by atoms with Gasteiger partial charge in [-0.25, -0.2) is 9.97 Å². The summed E-state index contributed by atoms with van der Waals surface area (Å²) in [6.45, 7) is 5.59. The predicted octanol–water partition coefficient (Wildman–Crippen LogP) is 3.02. The van der Waals surface area contributed by atoms with Crippen molar-refractivity contribution < 1.29 is 13.2 Å². The first kappa shape index (κ1) is 15.3. The second-order valence-electron chi connectivity index (χ2n) is 4.84. The molecule has 2 aromatic heterocycles. The maximum atomic E-state index is 12.6. The Morgan fingerprint density at radius 3 is 2.48 bits per heavy atom. The number of nitrogens with one attached hydrogen (secondary N) is 1. The molecule has 0 radical (unpaired) electrons. The minimum atomic E-state index is -4.48. The first-order valence-electron chi connectivity index (χ1n) is 6.37. The van der Waals surface area contributed by atoms with Crippen LogP contribution in [0.3, 0.4) is 0 Å². The third kappa shape index (κ3) is 3.14. The zero-order valence-electron chi connectivity index (χ0n) is 12.2. The highest BCUT2D eigenvalue weighted by atomic mass is 19.4. The van der Waals surface area contributed by atoms with Gasteiger partial charge in [0.05, 0.1) is 11.7 Å². The molecule has 0 amide bonds. The molecule has 5 nitrogen and oxygen atoms in total. The van der Waals surface area contributed by atoms with E-state index in [-0.39, 0.29) is 12.0 Å². The van der Waals surface area contributed by atoms with Gasteiger partial charge in [-0.1, -0.05) is 0 Å². The Balaban J connectivity index is 2.26. The Labute approximate surface area is 120 Å². The van der Waals surface area contributed by atoms with Crippen LogP contribution >= 0.6 is 0 Å². The summed E-state index contributed by atoms with van der Waals surface area (Å²) in [6.07, 6.45) is -3.39. The van der Waals surface area contributed by atoms with Crippen molar-refractivity contribution in [2.75, 3.05) is 5.32 Å². The van der Waals surface area contributed by atoms with Crippen molar-refractivity contribution in [3.05, 3.63) is 34.9 Å². The van der Waals surface area contributed by atoms with Crippen LogP contribution in [0.25, 0.3) is 0 Å². The van der Waals surface area contributed by atoms with Crippen molar-refractivity contribution in [2.45, 2.75) is 33.0 Å². The van der Waals surface area contributed by atoms with E-state index in [0.717, 1.165) is 29.2 Å². The number of alkyl halides is 3. The number of anilines is 1. The molecule has 8 heteroatoms. The van der Waals surface area contributed by atoms with Crippen LogP contribution in [0, 0.1) is 13.8 Å². The summed E-state index contributed by atoms with van der Waals surface area (Å²) in [5.74, 6) is -0.0556. The molecule has 2 rings (SSSR count). The first-order chi connectivity index (χ1) is 9.70. The summed E-state index contributed by atoms with van der Waals surface area (Å²) in [6, 6.07) is 0.596. The highest BCUT2D eigenvalue weighted by Gasteiger charge is 2.33. The van der Waals surface area contributed by atoms with Crippen LogP contribution in [0.15, 0.2) is 12.3 Å². The summed E-state index contributed by atoms with van der Waals surface area (Å²) in [5.41, 5.74) is 1.73. The summed E-state index contributed by atoms with van der Waals surface area (Å²) < 4.78 is 39.6. The zero-order valence-corrected chi connectivity index (χ0v) is 12.2. The molecule has 0 aliphatic heterocycles. The molecule has 1 unspecified atom stereocenters. The molecule has 0 aromatic carbocycles. The molecule has 2 heterocycles. The highest BCUT2D eigenvalue weighted by molar-refractivity contribution is 5.36. The minimum Gasteiger partial charge on any atom is -0.348 e. The Kier molecular flexibility index (Phi) is 3.89. The lowest BCUT2D eigenvalue weighted by Crippen LogP contribution is -2.14. The summed E-state index contributed by atoms with van der Waals surface area (Å²) >= 11 is 0. The van der Waals surface area contributed by atoms with E-state index in [2.05, 4.69) is 20.4 Å². The fourth-order valence-corrected chi connectivity index (χ4v) is 2.27. The SMILES string of the molecule is Cc1nn(C)c(C)c1C(C)Nc1nccc(C(F)(F)F)n1. The zero-order chi connectivity index (χ0) is 15.8. The quantitative estimate of drug-likeness (QED) is 0.946. The molecule has 1 atom stereocenters. The summed E-state index contributed by atoms with van der Waals surface area (Å²) in [5, 5.41) is 7.18. The van der Waals surface area contributed by atoms with Gasteiger partial charge >= 0.3 is 6.18 Å². The van der Waals surface area contributed by atoms with Crippen LogP contribution in [0.2, 0.25) is 0 Å². The number of aryl methyl sites for hydroxylation is 2. The van der Waals surface area contributed by atoms with Crippen molar-refractivity contribution in [3.8, 4) is 0 Å². The van der Waals surface area contributed by atoms with Gasteiger partial charge in [0.2, 0.25) is 5.95 Å². The van der Waals surface area contributed by atoms with Gasteiger partial charge < -0.3 is 5.32 Å². The number of halogens is 3. The van der Waals surface area contributed by atoms with Crippen molar-refractivity contribution >= 4 is 5.95 Å². The molecule has 0 saturated heterocycles. The molecule has 0 aliphatic carbocycles. The third-order valence-electron chi connectivity index (χ3n) is 3.29. The van der Waals surface area contributed by atoms with E-state index < -0.39 is 11.9 Å². The second kappa shape index (κ2) is 5.34. The largest absolute Gasteiger partial charge is 0.433 e. The molecule has 0 bridgehead atoms. The Hall–Kier alpha value is -2.12. The van der Waals surface area contributed by atoms with E-state index in [0.29, 0.717) is 0 Å². The number of hydrogen-bond donors (Lipinski definition) is 1. The average molecular weight is 299 g/mol. The van der Waals surface area contributed by atoms with Crippen LogP contribution in [-0.2, 0) is 13.2 Å². The van der Waals surface area contributed by atoms with Crippen molar-refractivity contribution in [1.82, 2.24) is 19.7 Å². The molecule has 0 spiro atoms. The maximum Gasteiger partial charge on any atom is 0.433 e. The number of nitrogens with zero attached hydrogens (tertiary/aromatic N) is 4. The molecule has 0 saturated carbocycles. The standard InChI is InChI=1S/C13H16F3N5/c1-7(11-8(2)20-21(4)9(11)3)18-12-17-6-5-10(19-12)13(14,15)16/h5-7H,1-4H3,(H,17,18,19). The third-order valence-corrected chi connectivity index (χ3v) is 3.29. The molecule has 21 heavy (non-hydrogen) atoms. The van der Waals surface area contributed by atoms with Gasteiger partial charge in [0.25, 0.3) is 0 Å². The normalized spacial score (nSPS) is 13.3. The smallest absolute Gasteiger partial charge is 0.348 e. The number of rotatable bonds is 3. The number of aromatic nitrogens is 4. The molecule has 0 aliphatic rings. The van der Waals surface area contributed by atoms with E-state index in [1.54, 1.807) is 4.68 Å². The molecular weight excluding hydrogens is 283 g/mol. The lowest BCUT2D eigenvalue weighted by Gasteiger charge is -2.15. The van der Waals surface area contributed by atoms with Crippen LogP contribution in [0.5, 0.6) is 0 Å². The molecular formula is C13H16F3N5. The second-order valence-corrected chi connectivity index (χ2v) is 4.84. The molecule has 1 N–H and O–H groups in total. The van der Waals surface area contributed by atoms with E-state index >= 15 is 0 Å². The van der Waals surface area contributed by atoms with E-state index in [1.165, 1.54) is 0 Å². The van der Waals surface area contributed by atoms with Gasteiger partial charge in [0.15, 0.2) is 0 Å². The van der Waals surface area contributed by atoms with Crippen LogP contribution in [0.1, 0.15) is 35.6 Å². The topological polar surface area (TPSA) is 55.6 Å². The molecule has 0 fully saturated rings. The van der Waals surface area contributed by atoms with Crippen LogP contribution in [-0.4, -0.2) is 19.7 Å². The minimum absolute atomic E-state index is 0.0556. The number of hydrogen-bond acceptors (Lipinski definition) is 4.